The molecule has 1 aliphatic rings. The Labute approximate surface area is 296 Å². The van der Waals surface area contributed by atoms with Gasteiger partial charge in [-0.05, 0) is 50.2 Å². The number of thiocarbonyl (C=S) groups is 1. The first-order valence-electron chi connectivity index (χ1n) is 17.3. The lowest BCUT2D eigenvalue weighted by Crippen LogP contribution is -2.63. The molecule has 2 amide bonds. The number of esters is 1. The maximum absolute atomic E-state index is 13.9. The molecule has 1 aromatic carbocycles. The van der Waals surface area contributed by atoms with E-state index in [-0.39, 0.29) is 43.6 Å². The number of amides is 2. The van der Waals surface area contributed by atoms with Gasteiger partial charge in [-0.1, -0.05) is 75.5 Å². The molecule has 1 aromatic rings. The number of rotatable bonds is 22. The fraction of sp³-hybridized carbons (Fsp3) is 0.706. The van der Waals surface area contributed by atoms with Gasteiger partial charge in [0.1, 0.15) is 18.2 Å². The van der Waals surface area contributed by atoms with Gasteiger partial charge in [0.2, 0.25) is 21.8 Å². The number of nitrogens with zero attached hydrogens (tertiary/aromatic N) is 1. The number of carbonyl (C=O) groups is 3. The molecule has 1 fully saturated rings. The summed E-state index contributed by atoms with van der Waals surface area (Å²) in [6, 6.07) is 5.30. The molecule has 49 heavy (non-hydrogen) atoms. The van der Waals surface area contributed by atoms with Crippen molar-refractivity contribution in [3.05, 3.63) is 35.4 Å². The van der Waals surface area contributed by atoms with E-state index in [0.717, 1.165) is 24.7 Å². The van der Waals surface area contributed by atoms with E-state index >= 15 is 0 Å². The summed E-state index contributed by atoms with van der Waals surface area (Å²) >= 11 is 5.61. The second-order valence-electron chi connectivity index (χ2n) is 13.3. The highest BCUT2D eigenvalue weighted by Crippen LogP contribution is 2.25. The van der Waals surface area contributed by atoms with Crippen molar-refractivity contribution in [1.82, 2.24) is 14.9 Å². The Morgan fingerprint density at radius 3 is 2.22 bits per heavy atom. The number of sulfonamides is 1. The quantitative estimate of drug-likeness (QED) is 0.0573. The Bertz CT molecular complexity index is 1320. The zero-order valence-corrected chi connectivity index (χ0v) is 30.8. The Balaban J connectivity index is 2.15. The number of primary amides is 1. The highest BCUT2D eigenvalue weighted by molar-refractivity contribution is 7.88. The predicted molar refractivity (Wildman–Crippen MR) is 193 cm³/mol. The Kier molecular flexibility index (Phi) is 18.1. The van der Waals surface area contributed by atoms with Gasteiger partial charge in [0.05, 0.1) is 36.0 Å². The van der Waals surface area contributed by atoms with E-state index in [2.05, 4.69) is 29.1 Å². The number of piperidine rings is 1. The molecule has 0 aliphatic carbocycles. The number of nitrogens with two attached hydrogens (primary N) is 2. The molecule has 1 saturated heterocycles. The molecule has 0 aromatic heterocycles. The van der Waals surface area contributed by atoms with Gasteiger partial charge >= 0.3 is 5.97 Å². The number of aliphatic hydroxyl groups excluding tert-OH is 2. The number of hydrogen-bond donors (Lipinski definition) is 6. The monoisotopic (exact) mass is 727 g/mol. The van der Waals surface area contributed by atoms with Crippen molar-refractivity contribution in [2.45, 2.75) is 127 Å². The Morgan fingerprint density at radius 2 is 1.65 bits per heavy atom. The molecular weight excluding hydrogens is 671 g/mol. The van der Waals surface area contributed by atoms with Crippen molar-refractivity contribution in [2.24, 2.45) is 11.5 Å². The molecule has 8 N–H and O–H groups in total. The molecule has 1 aliphatic heterocycles. The molecule has 1 heterocycles. The highest BCUT2D eigenvalue weighted by atomic mass is 32.2. The van der Waals surface area contributed by atoms with Gasteiger partial charge in [0, 0.05) is 25.8 Å². The lowest BCUT2D eigenvalue weighted by atomic mass is 9.90. The second kappa shape index (κ2) is 20.9. The van der Waals surface area contributed by atoms with Gasteiger partial charge in [-0.3, -0.25) is 14.4 Å². The first-order chi connectivity index (χ1) is 23.1. The number of aryl methyl sites for hydroxylation is 2. The van der Waals surface area contributed by atoms with E-state index in [1.807, 2.05) is 12.1 Å². The summed E-state index contributed by atoms with van der Waals surface area (Å²) in [7, 11) is -3.62. The van der Waals surface area contributed by atoms with Crippen LogP contribution >= 0.6 is 12.2 Å². The van der Waals surface area contributed by atoms with Gasteiger partial charge in [-0.25, -0.2) is 13.1 Å². The van der Waals surface area contributed by atoms with Gasteiger partial charge in [-0.2, -0.15) is 0 Å². The zero-order chi connectivity index (χ0) is 36.6. The third kappa shape index (κ3) is 15.0. The van der Waals surface area contributed by atoms with Crippen LogP contribution in [0.4, 0.5) is 0 Å². The molecule has 2 rings (SSSR count). The Hall–Kier alpha value is -2.69. The van der Waals surface area contributed by atoms with Crippen molar-refractivity contribution in [3.8, 4) is 0 Å². The summed E-state index contributed by atoms with van der Waals surface area (Å²) in [4.78, 5) is 39.5. The van der Waals surface area contributed by atoms with E-state index in [1.165, 1.54) is 37.7 Å². The average molecular weight is 728 g/mol. The van der Waals surface area contributed by atoms with Crippen LogP contribution in [0.5, 0.6) is 0 Å². The SMILES string of the molecule is CCCCCCCCc1ccc(CCC(CO)(CO)NC(=O)C2C[C@H](OC(=O)[C@H](N)CCC(N)=O)CCN2C(=S)[C@H](C)NS(C)(=O)=O)cc1. The van der Waals surface area contributed by atoms with Gasteiger partial charge in [0.15, 0.2) is 0 Å². The van der Waals surface area contributed by atoms with Crippen LogP contribution in [-0.2, 0) is 42.0 Å². The molecule has 15 heteroatoms. The van der Waals surface area contributed by atoms with Crippen LogP contribution < -0.4 is 21.5 Å². The fourth-order valence-electron chi connectivity index (χ4n) is 5.90. The number of hydrogen-bond acceptors (Lipinski definition) is 10. The third-order valence-corrected chi connectivity index (χ3v) is 10.3. The standard InChI is InChI=1S/C34H57N5O8S2/c1-4-5-6-7-8-9-10-25-11-13-26(14-12-25)17-19-34(22-40,23-41)37-31(43)29-21-27(47-33(44)28(35)15-16-30(36)42)18-20-39(29)32(48)24(2)38-49(3,45)46/h11-14,24,27-29,38,40-41H,4-10,15-23,35H2,1-3H3,(H2,36,42)(H,37,43)/t24-,27+,28+,29?/m0/s1. The highest BCUT2D eigenvalue weighted by Gasteiger charge is 2.41. The van der Waals surface area contributed by atoms with Crippen molar-refractivity contribution < 1.29 is 37.8 Å². The van der Waals surface area contributed by atoms with Crippen LogP contribution in [-0.4, -0.2) is 102 Å². The molecular formula is C34H57N5O8S2. The van der Waals surface area contributed by atoms with Gasteiger partial charge in [0.25, 0.3) is 0 Å². The van der Waals surface area contributed by atoms with Crippen molar-refractivity contribution in [2.75, 3.05) is 26.0 Å². The van der Waals surface area contributed by atoms with Crippen LogP contribution in [0.25, 0.3) is 0 Å². The molecule has 0 spiro atoms. The van der Waals surface area contributed by atoms with Crippen LogP contribution in [0.2, 0.25) is 0 Å². The summed E-state index contributed by atoms with van der Waals surface area (Å²) in [6.45, 7) is 2.84. The van der Waals surface area contributed by atoms with Crippen molar-refractivity contribution >= 4 is 45.0 Å². The lowest BCUT2D eigenvalue weighted by molar-refractivity contribution is -0.155. The van der Waals surface area contributed by atoms with Crippen LogP contribution in [0, 0.1) is 0 Å². The summed E-state index contributed by atoms with van der Waals surface area (Å²) in [6.07, 6.45) is 9.53. The lowest BCUT2D eigenvalue weighted by Gasteiger charge is -2.43. The minimum absolute atomic E-state index is 0.00700. The summed E-state index contributed by atoms with van der Waals surface area (Å²) < 4.78 is 31.9. The molecule has 1 unspecified atom stereocenters. The zero-order valence-electron chi connectivity index (χ0n) is 29.2. The average Bonchev–Trinajstić information content (AvgIpc) is 3.06. The third-order valence-electron chi connectivity index (χ3n) is 8.92. The van der Waals surface area contributed by atoms with E-state index in [4.69, 9.17) is 28.4 Å². The van der Waals surface area contributed by atoms with Crippen LogP contribution in [0.15, 0.2) is 24.3 Å². The fourth-order valence-corrected chi connectivity index (χ4v) is 7.01. The largest absolute Gasteiger partial charge is 0.461 e. The van der Waals surface area contributed by atoms with Crippen LogP contribution in [0.1, 0.15) is 95.6 Å². The topological polar surface area (TPSA) is 214 Å². The second-order valence-corrected chi connectivity index (χ2v) is 15.5. The minimum Gasteiger partial charge on any atom is -0.461 e. The summed E-state index contributed by atoms with van der Waals surface area (Å²) in [5, 5.41) is 23.7. The number of ether oxygens (including phenoxy) is 1. The van der Waals surface area contributed by atoms with Gasteiger partial charge in [-0.15, -0.1) is 0 Å². The summed E-state index contributed by atoms with van der Waals surface area (Å²) in [5.41, 5.74) is 11.9. The number of aliphatic hydroxyl groups is 2. The molecule has 0 bridgehead atoms. The number of likely N-dealkylation sites (tertiary alicyclic amines) is 1. The number of benzene rings is 1. The molecule has 0 saturated carbocycles. The number of nitrogens with one attached hydrogen (secondary N) is 2. The normalized spacial score (nSPS) is 18.0. The smallest absolute Gasteiger partial charge is 0.323 e. The Morgan fingerprint density at radius 1 is 1.06 bits per heavy atom. The molecule has 4 atom stereocenters. The summed E-state index contributed by atoms with van der Waals surface area (Å²) in [5.74, 6) is -1.92. The van der Waals surface area contributed by atoms with E-state index in [0.29, 0.717) is 6.42 Å². The molecule has 0 radical (unpaired) electrons. The first kappa shape index (κ1) is 42.5. The molecule has 278 valence electrons. The number of unbranched alkanes of at least 4 members (excludes halogenated alkanes) is 5. The van der Waals surface area contributed by atoms with Crippen LogP contribution in [0.3, 0.4) is 0 Å². The van der Waals surface area contributed by atoms with E-state index in [9.17, 15) is 33.0 Å². The number of carbonyl (C=O) groups excluding carboxylic acids is 3. The molecule has 13 nitrogen and oxygen atoms in total. The predicted octanol–water partition coefficient (Wildman–Crippen LogP) is 1.60. The maximum Gasteiger partial charge on any atom is 0.323 e. The van der Waals surface area contributed by atoms with E-state index in [1.54, 1.807) is 11.8 Å². The maximum atomic E-state index is 13.9. The first-order valence-corrected chi connectivity index (χ1v) is 19.6. The van der Waals surface area contributed by atoms with E-state index < -0.39 is 70.8 Å². The van der Waals surface area contributed by atoms with Gasteiger partial charge < -0.3 is 36.6 Å². The van der Waals surface area contributed by atoms with Crippen molar-refractivity contribution in [3.63, 3.8) is 0 Å². The minimum atomic E-state index is -3.62. The van der Waals surface area contributed by atoms with Crippen molar-refractivity contribution in [1.29, 1.82) is 0 Å².